The molecule has 2 aliphatic rings. The van der Waals surface area contributed by atoms with Crippen LogP contribution in [0.15, 0.2) is 0 Å². The predicted molar refractivity (Wildman–Crippen MR) is 92.3 cm³/mol. The van der Waals surface area contributed by atoms with Crippen molar-refractivity contribution in [3.63, 3.8) is 0 Å². The van der Waals surface area contributed by atoms with Gasteiger partial charge in [-0.1, -0.05) is 34.1 Å². The largest absolute Gasteiger partial charge is 0.344 e. The Labute approximate surface area is 144 Å². The molecule has 6 nitrogen and oxygen atoms in total. The molecule has 1 heterocycles. The molecule has 24 heavy (non-hydrogen) atoms. The molecule has 1 aliphatic carbocycles. The van der Waals surface area contributed by atoms with Crippen LogP contribution in [0.25, 0.3) is 0 Å². The molecular formula is C18H31N3O3. The first-order valence-electron chi connectivity index (χ1n) is 8.98. The number of unbranched alkanes of at least 4 members (excludes halogenated alkanes) is 1. The number of nitrogens with zero attached hydrogens (tertiary/aromatic N) is 2. The number of likely N-dealkylation sites (N-methyl/N-ethyl adjacent to an activating group) is 1. The van der Waals surface area contributed by atoms with E-state index in [4.69, 9.17) is 0 Å². The average Bonchev–Trinajstić information content (AvgIpc) is 2.66. The molecule has 6 heteroatoms. The van der Waals surface area contributed by atoms with Gasteiger partial charge >= 0.3 is 6.03 Å². The van der Waals surface area contributed by atoms with Crippen LogP contribution in [0, 0.1) is 11.3 Å². The number of rotatable bonds is 5. The van der Waals surface area contributed by atoms with Crippen molar-refractivity contribution in [3.8, 4) is 0 Å². The van der Waals surface area contributed by atoms with Gasteiger partial charge in [0, 0.05) is 13.6 Å². The summed E-state index contributed by atoms with van der Waals surface area (Å²) in [6.07, 6.45) is 4.23. The molecule has 0 aromatic carbocycles. The van der Waals surface area contributed by atoms with E-state index >= 15 is 0 Å². The lowest BCUT2D eigenvalue weighted by Gasteiger charge is -2.43. The number of hydrogen-bond acceptors (Lipinski definition) is 3. The summed E-state index contributed by atoms with van der Waals surface area (Å²) in [7, 11) is 1.72. The van der Waals surface area contributed by atoms with Crippen molar-refractivity contribution in [1.82, 2.24) is 15.1 Å². The first kappa shape index (κ1) is 18.7. The highest BCUT2D eigenvalue weighted by Gasteiger charge is 2.56. The van der Waals surface area contributed by atoms with Crippen LogP contribution in [0.5, 0.6) is 0 Å². The highest BCUT2D eigenvalue weighted by atomic mass is 16.2. The summed E-state index contributed by atoms with van der Waals surface area (Å²) in [6, 6.07) is -0.429. The molecular weight excluding hydrogens is 306 g/mol. The van der Waals surface area contributed by atoms with Gasteiger partial charge in [0.05, 0.1) is 0 Å². The number of urea groups is 1. The molecule has 1 N–H and O–H groups in total. The maximum Gasteiger partial charge on any atom is 0.325 e. The van der Waals surface area contributed by atoms with E-state index in [1.807, 2.05) is 0 Å². The monoisotopic (exact) mass is 337 g/mol. The predicted octanol–water partition coefficient (Wildman–Crippen LogP) is 2.38. The van der Waals surface area contributed by atoms with Gasteiger partial charge in [-0.2, -0.15) is 0 Å². The minimum atomic E-state index is -0.833. The fourth-order valence-corrected chi connectivity index (χ4v) is 4.43. The minimum Gasteiger partial charge on any atom is -0.344 e. The zero-order valence-electron chi connectivity index (χ0n) is 15.6. The van der Waals surface area contributed by atoms with Gasteiger partial charge in [-0.3, -0.25) is 14.5 Å². The zero-order valence-corrected chi connectivity index (χ0v) is 15.6. The van der Waals surface area contributed by atoms with E-state index < -0.39 is 11.6 Å². The van der Waals surface area contributed by atoms with Crippen LogP contribution in [-0.2, 0) is 9.59 Å². The normalized spacial score (nSPS) is 29.0. The van der Waals surface area contributed by atoms with E-state index in [1.165, 1.54) is 0 Å². The maximum absolute atomic E-state index is 13.0. The fourth-order valence-electron chi connectivity index (χ4n) is 4.43. The second-order valence-corrected chi connectivity index (χ2v) is 8.43. The highest BCUT2D eigenvalue weighted by Crippen LogP contribution is 2.46. The van der Waals surface area contributed by atoms with Crippen molar-refractivity contribution in [2.75, 3.05) is 20.1 Å². The highest BCUT2D eigenvalue weighted by molar-refractivity contribution is 6.09. The molecule has 0 radical (unpaired) electrons. The SMILES string of the molecule is CCCCN(C)C(=O)CN1C(=O)NC2(CC(C)CC(C)(C)C2)C1=O. The van der Waals surface area contributed by atoms with E-state index in [-0.39, 0.29) is 23.8 Å². The third-order valence-electron chi connectivity index (χ3n) is 5.19. The summed E-state index contributed by atoms with van der Waals surface area (Å²) < 4.78 is 0. The maximum atomic E-state index is 13.0. The van der Waals surface area contributed by atoms with Crippen LogP contribution in [0.4, 0.5) is 4.79 Å². The Morgan fingerprint density at radius 2 is 2.00 bits per heavy atom. The number of nitrogens with one attached hydrogen (secondary N) is 1. The fraction of sp³-hybridized carbons (Fsp3) is 0.833. The second kappa shape index (κ2) is 6.73. The molecule has 2 unspecified atom stereocenters. The summed E-state index contributed by atoms with van der Waals surface area (Å²) in [6.45, 7) is 8.93. The number of carbonyl (C=O) groups is 3. The molecule has 1 spiro atoms. The third kappa shape index (κ3) is 3.73. The van der Waals surface area contributed by atoms with Gasteiger partial charge in [0.15, 0.2) is 0 Å². The molecule has 2 rings (SSSR count). The van der Waals surface area contributed by atoms with Crippen molar-refractivity contribution in [2.24, 2.45) is 11.3 Å². The van der Waals surface area contributed by atoms with Gasteiger partial charge in [0.1, 0.15) is 12.1 Å². The van der Waals surface area contributed by atoms with E-state index in [0.717, 1.165) is 24.2 Å². The lowest BCUT2D eigenvalue weighted by molar-refractivity contribution is -0.140. The number of carbonyl (C=O) groups excluding carboxylic acids is 3. The van der Waals surface area contributed by atoms with Crippen LogP contribution in [0.1, 0.15) is 59.8 Å². The van der Waals surface area contributed by atoms with Gasteiger partial charge in [0.25, 0.3) is 5.91 Å². The summed E-state index contributed by atoms with van der Waals surface area (Å²) in [4.78, 5) is 40.4. The van der Waals surface area contributed by atoms with Gasteiger partial charge in [-0.05, 0) is 37.0 Å². The molecule has 1 saturated heterocycles. The minimum absolute atomic E-state index is 0.00145. The molecule has 2 atom stereocenters. The zero-order chi connectivity index (χ0) is 18.1. The van der Waals surface area contributed by atoms with E-state index in [1.54, 1.807) is 11.9 Å². The van der Waals surface area contributed by atoms with Crippen molar-refractivity contribution in [3.05, 3.63) is 0 Å². The van der Waals surface area contributed by atoms with Crippen LogP contribution in [0.3, 0.4) is 0 Å². The number of amides is 4. The van der Waals surface area contributed by atoms with E-state index in [2.05, 4.69) is 33.0 Å². The first-order valence-corrected chi connectivity index (χ1v) is 8.98. The van der Waals surface area contributed by atoms with Crippen molar-refractivity contribution < 1.29 is 14.4 Å². The Kier molecular flexibility index (Phi) is 5.25. The van der Waals surface area contributed by atoms with E-state index in [9.17, 15) is 14.4 Å². The lowest BCUT2D eigenvalue weighted by atomic mass is 9.64. The van der Waals surface area contributed by atoms with Crippen LogP contribution in [-0.4, -0.2) is 53.3 Å². The standard InChI is InChI=1S/C18H31N3O3/c1-6-7-8-20(5)14(22)11-21-15(23)18(19-16(21)24)10-13(2)9-17(3,4)12-18/h13H,6-12H2,1-5H3,(H,19,24). The lowest BCUT2D eigenvalue weighted by Crippen LogP contribution is -2.54. The van der Waals surface area contributed by atoms with Gasteiger partial charge < -0.3 is 10.2 Å². The Hall–Kier alpha value is -1.59. The van der Waals surface area contributed by atoms with Crippen molar-refractivity contribution in [2.45, 2.75) is 65.3 Å². The summed E-state index contributed by atoms with van der Waals surface area (Å²) in [5.41, 5.74) is -0.834. The molecule has 4 amide bonds. The van der Waals surface area contributed by atoms with Gasteiger partial charge in [0.2, 0.25) is 5.91 Å². The van der Waals surface area contributed by atoms with Crippen molar-refractivity contribution in [1.29, 1.82) is 0 Å². The molecule has 136 valence electrons. The van der Waals surface area contributed by atoms with E-state index in [0.29, 0.717) is 25.3 Å². The molecule has 0 aromatic heterocycles. The Morgan fingerprint density at radius 3 is 2.58 bits per heavy atom. The molecule has 1 aliphatic heterocycles. The first-order chi connectivity index (χ1) is 11.1. The number of hydrogen-bond donors (Lipinski definition) is 1. The molecule has 1 saturated carbocycles. The second-order valence-electron chi connectivity index (χ2n) is 8.43. The molecule has 2 fully saturated rings. The van der Waals surface area contributed by atoms with Gasteiger partial charge in [-0.15, -0.1) is 0 Å². The topological polar surface area (TPSA) is 69.7 Å². The third-order valence-corrected chi connectivity index (χ3v) is 5.19. The molecule has 0 aromatic rings. The van der Waals surface area contributed by atoms with Gasteiger partial charge in [-0.25, -0.2) is 4.79 Å². The smallest absolute Gasteiger partial charge is 0.325 e. The average molecular weight is 337 g/mol. The summed E-state index contributed by atoms with van der Waals surface area (Å²) in [5.74, 6) is -0.0580. The van der Waals surface area contributed by atoms with Crippen molar-refractivity contribution >= 4 is 17.8 Å². The Bertz CT molecular complexity index is 532. The Balaban J connectivity index is 2.10. The van der Waals surface area contributed by atoms with Crippen LogP contribution >= 0.6 is 0 Å². The quantitative estimate of drug-likeness (QED) is 0.783. The summed E-state index contributed by atoms with van der Waals surface area (Å²) >= 11 is 0. The summed E-state index contributed by atoms with van der Waals surface area (Å²) in [5, 5.41) is 2.91. The Morgan fingerprint density at radius 1 is 1.33 bits per heavy atom. The van der Waals surface area contributed by atoms with Crippen LogP contribution in [0.2, 0.25) is 0 Å². The number of imide groups is 1. The van der Waals surface area contributed by atoms with Crippen LogP contribution < -0.4 is 5.32 Å². The molecule has 0 bridgehead atoms.